The maximum absolute atomic E-state index is 13.2. The number of aliphatic hydroxyl groups is 1. The number of benzene rings is 6. The van der Waals surface area contributed by atoms with Crippen LogP contribution in [0.1, 0.15) is 105 Å². The number of nitro groups is 3. The number of imidazole rings is 1. The first kappa shape index (κ1) is 64.7. The summed E-state index contributed by atoms with van der Waals surface area (Å²) in [6.45, 7) is 9.08. The Morgan fingerprint density at radius 1 is 0.593 bits per heavy atom. The molecule has 1 amide bonds. The molecule has 0 saturated carbocycles. The minimum Gasteiger partial charge on any atom is -0.433 e. The van der Waals surface area contributed by atoms with Gasteiger partial charge >= 0.3 is 18.5 Å². The van der Waals surface area contributed by atoms with E-state index in [1.165, 1.54) is 85.5 Å². The number of para-hydroxylation sites is 3. The zero-order chi connectivity index (χ0) is 65.1. The number of nitro benzene ring substituents is 3. The van der Waals surface area contributed by atoms with E-state index in [-0.39, 0.29) is 84.4 Å². The fourth-order valence-corrected chi connectivity index (χ4v) is 10.2. The van der Waals surface area contributed by atoms with Crippen LogP contribution in [0.4, 0.5) is 37.3 Å². The van der Waals surface area contributed by atoms with Crippen molar-refractivity contribution in [3.8, 4) is 17.2 Å². The van der Waals surface area contributed by atoms with Gasteiger partial charge in [0.05, 0.1) is 33.8 Å². The molecule has 3 unspecified atom stereocenters. The van der Waals surface area contributed by atoms with Crippen LogP contribution in [0.2, 0.25) is 0 Å². The fourth-order valence-electron chi connectivity index (χ4n) is 10.2. The zero-order valence-corrected chi connectivity index (χ0v) is 49.9. The summed E-state index contributed by atoms with van der Waals surface area (Å²) in [5.74, 6) is -1.88. The standard InChI is InChI=1S/C64H62N8O19/c1-38(47-13-7-10-16-50(47)70(78)79)32-84-60(75)88-44-25-19-41(20-26-44)64(42-21-27-45(28-22-42)89-61(76)85-33-39(2)48-14-8-11-17-51(48)71(80)81,43-23-29-46(30-24-43)90-62(77)86-34-40(3)49-15-9-12-18-52(49)72(82)83)87-35-54-53(73)31-55(91-54)69-37-67-56-57(65-36-66-58(56)69)68-59(74)63(4,5)6/h7-30,36-40,53-55,73H,31-35H2,1-6H3,(H,65,66,68,74)/t38?,39?,40?,53-,54+,55+,64?/m0/s1. The highest BCUT2D eigenvalue weighted by Crippen LogP contribution is 2.44. The highest BCUT2D eigenvalue weighted by Gasteiger charge is 2.43. The molecule has 27 nitrogen and oxygen atoms in total. The van der Waals surface area contributed by atoms with Gasteiger partial charge in [0.15, 0.2) is 17.0 Å². The summed E-state index contributed by atoms with van der Waals surface area (Å²) in [4.78, 5) is 99.4. The Kier molecular flexibility index (Phi) is 20.0. The number of carbonyl (C=O) groups excluding carboxylic acids is 4. The maximum Gasteiger partial charge on any atom is 0.513 e. The summed E-state index contributed by atoms with van der Waals surface area (Å²) < 4.78 is 48.3. The van der Waals surface area contributed by atoms with Crippen molar-refractivity contribution in [1.82, 2.24) is 19.5 Å². The molecule has 0 bridgehead atoms. The average molecular weight is 1250 g/mol. The molecular formula is C64H62N8O19. The highest BCUT2D eigenvalue weighted by molar-refractivity contribution is 5.99. The first-order valence-corrected chi connectivity index (χ1v) is 28.5. The second-order valence-electron chi connectivity index (χ2n) is 22.4. The number of hydrogen-bond donors (Lipinski definition) is 2. The van der Waals surface area contributed by atoms with Crippen molar-refractivity contribution in [2.24, 2.45) is 5.41 Å². The van der Waals surface area contributed by atoms with Crippen LogP contribution in [-0.4, -0.2) is 102 Å². The molecule has 1 aliphatic heterocycles. The molecule has 2 aromatic heterocycles. The van der Waals surface area contributed by atoms with Gasteiger partial charge in [0, 0.05) is 64.5 Å². The molecule has 2 N–H and O–H groups in total. The van der Waals surface area contributed by atoms with E-state index in [1.807, 2.05) is 0 Å². The number of rotatable bonds is 23. The van der Waals surface area contributed by atoms with Crippen molar-refractivity contribution >= 4 is 58.4 Å². The summed E-state index contributed by atoms with van der Waals surface area (Å²) in [6, 6.07) is 36.5. The predicted molar refractivity (Wildman–Crippen MR) is 324 cm³/mol. The smallest absolute Gasteiger partial charge is 0.433 e. The number of amides is 1. The molecule has 1 fully saturated rings. The first-order chi connectivity index (χ1) is 43.5. The van der Waals surface area contributed by atoms with Crippen LogP contribution in [0.25, 0.3) is 11.2 Å². The lowest BCUT2D eigenvalue weighted by Crippen LogP contribution is -2.38. The van der Waals surface area contributed by atoms with Crippen LogP contribution >= 0.6 is 0 Å². The molecule has 6 atom stereocenters. The van der Waals surface area contributed by atoms with Crippen LogP contribution in [0, 0.1) is 35.8 Å². The van der Waals surface area contributed by atoms with Gasteiger partial charge in [0.1, 0.15) is 61.3 Å². The molecule has 6 aromatic carbocycles. The molecule has 3 heterocycles. The third-order valence-electron chi connectivity index (χ3n) is 15.0. The molecule has 0 spiro atoms. The number of hydrogen-bond acceptors (Lipinski definition) is 22. The van der Waals surface area contributed by atoms with Crippen molar-refractivity contribution in [3.05, 3.63) is 222 Å². The molecule has 27 heteroatoms. The maximum atomic E-state index is 13.2. The van der Waals surface area contributed by atoms with Gasteiger partial charge in [-0.05, 0) is 53.1 Å². The van der Waals surface area contributed by atoms with Crippen molar-refractivity contribution in [3.63, 3.8) is 0 Å². The monoisotopic (exact) mass is 1250 g/mol. The van der Waals surface area contributed by atoms with E-state index in [4.69, 9.17) is 37.9 Å². The summed E-state index contributed by atoms with van der Waals surface area (Å²) in [7, 11) is 0. The van der Waals surface area contributed by atoms with Crippen molar-refractivity contribution in [2.75, 3.05) is 31.7 Å². The molecule has 1 aliphatic rings. The zero-order valence-electron chi connectivity index (χ0n) is 49.9. The summed E-state index contributed by atoms with van der Waals surface area (Å²) in [6.07, 6.45) is -3.68. The van der Waals surface area contributed by atoms with Gasteiger partial charge in [-0.15, -0.1) is 0 Å². The molecule has 472 valence electrons. The molecule has 0 aliphatic carbocycles. The molecule has 91 heavy (non-hydrogen) atoms. The molecule has 0 radical (unpaired) electrons. The third kappa shape index (κ3) is 15.2. The largest absolute Gasteiger partial charge is 0.513 e. The highest BCUT2D eigenvalue weighted by atomic mass is 16.7. The summed E-state index contributed by atoms with van der Waals surface area (Å²) in [5, 5.41) is 49.8. The van der Waals surface area contributed by atoms with Crippen molar-refractivity contribution < 1.29 is 76.9 Å². The fraction of sp³-hybridized carbons (Fsp3) is 0.297. The average Bonchev–Trinajstić information content (AvgIpc) is 1.41. The second kappa shape index (κ2) is 28.2. The van der Waals surface area contributed by atoms with E-state index in [0.29, 0.717) is 39.0 Å². The Labute approximate surface area is 519 Å². The number of fused-ring (bicyclic) bond motifs is 1. The third-order valence-corrected chi connectivity index (χ3v) is 15.0. The number of aliphatic hydroxyl groups excluding tert-OH is 1. The molecular weight excluding hydrogens is 1180 g/mol. The lowest BCUT2D eigenvalue weighted by atomic mass is 9.80. The number of anilines is 1. The van der Waals surface area contributed by atoms with Crippen LogP contribution in [0.3, 0.4) is 0 Å². The number of carbonyl (C=O) groups is 4. The van der Waals surface area contributed by atoms with Crippen molar-refractivity contribution in [2.45, 2.75) is 89.8 Å². The molecule has 9 rings (SSSR count). The van der Waals surface area contributed by atoms with Gasteiger partial charge < -0.3 is 48.3 Å². The number of nitrogens with zero attached hydrogens (tertiary/aromatic N) is 7. The SMILES string of the molecule is CC(COC(=O)Oc1ccc(C(OC[C@H]2O[C@@H](n3cnc4c(NC(=O)C(C)(C)C)ncnc43)C[C@@H]2O)(c2ccc(OC(=O)OCC(C)c3ccccc3[N+](=O)[O-])cc2)c2ccc(OC(=O)OCC(C)c3ccccc3[N+](=O)[O-])cc2)cc1)c1ccccc1[N+](=O)[O-]. The van der Waals surface area contributed by atoms with Gasteiger partial charge in [0.25, 0.3) is 17.1 Å². The van der Waals surface area contributed by atoms with Gasteiger partial charge in [-0.3, -0.25) is 39.7 Å². The second-order valence-corrected chi connectivity index (χ2v) is 22.4. The summed E-state index contributed by atoms with van der Waals surface area (Å²) in [5.41, 5.74) is -0.258. The van der Waals surface area contributed by atoms with Crippen LogP contribution in [-0.2, 0) is 34.1 Å². The van der Waals surface area contributed by atoms with Gasteiger partial charge in [-0.2, -0.15) is 0 Å². The topological polar surface area (TPSA) is 347 Å². The van der Waals surface area contributed by atoms with Gasteiger partial charge in [-0.1, -0.05) is 133 Å². The predicted octanol–water partition coefficient (Wildman–Crippen LogP) is 12.1. The van der Waals surface area contributed by atoms with Crippen LogP contribution < -0.4 is 19.5 Å². The molecule has 1 saturated heterocycles. The number of nitrogens with one attached hydrogen (secondary N) is 1. The minimum atomic E-state index is -1.77. The van der Waals surface area contributed by atoms with E-state index in [0.717, 1.165) is 0 Å². The van der Waals surface area contributed by atoms with Crippen LogP contribution in [0.5, 0.6) is 17.2 Å². The Morgan fingerprint density at radius 2 is 0.978 bits per heavy atom. The van der Waals surface area contributed by atoms with Crippen LogP contribution in [0.15, 0.2) is 158 Å². The van der Waals surface area contributed by atoms with E-state index in [2.05, 4.69) is 20.3 Å². The summed E-state index contributed by atoms with van der Waals surface area (Å²) >= 11 is 0. The first-order valence-electron chi connectivity index (χ1n) is 28.5. The van der Waals surface area contributed by atoms with E-state index >= 15 is 0 Å². The van der Waals surface area contributed by atoms with Crippen molar-refractivity contribution in [1.29, 1.82) is 0 Å². The van der Waals surface area contributed by atoms with E-state index < -0.39 is 80.4 Å². The normalized spacial score (nSPS) is 16.3. The Hall–Kier alpha value is -10.8. The van der Waals surface area contributed by atoms with E-state index in [1.54, 1.807) is 119 Å². The minimum absolute atomic E-state index is 0.00720. The Balaban J connectivity index is 1.03. The number of aromatic nitrogens is 4. The Bertz CT molecular complexity index is 3670. The number of ether oxygens (including phenoxy) is 8. The van der Waals surface area contributed by atoms with E-state index in [9.17, 15) is 54.6 Å². The van der Waals surface area contributed by atoms with Gasteiger partial charge in [-0.25, -0.2) is 29.3 Å². The van der Waals surface area contributed by atoms with Gasteiger partial charge in [0.2, 0.25) is 5.91 Å². The Morgan fingerprint density at radius 3 is 1.35 bits per heavy atom. The lowest BCUT2D eigenvalue weighted by molar-refractivity contribution is -0.385. The molecule has 8 aromatic rings. The quantitative estimate of drug-likeness (QED) is 0.0150. The lowest BCUT2D eigenvalue weighted by Gasteiger charge is -2.37.